The molecule has 0 radical (unpaired) electrons. The molecule has 0 saturated carbocycles. The summed E-state index contributed by atoms with van der Waals surface area (Å²) in [5.74, 6) is 0.723. The minimum atomic E-state index is -0.568. The van der Waals surface area contributed by atoms with Gasteiger partial charge in [0.05, 0.1) is 17.6 Å². The quantitative estimate of drug-likeness (QED) is 0.479. The summed E-state index contributed by atoms with van der Waals surface area (Å²) in [6.07, 6.45) is 0.491. The van der Waals surface area contributed by atoms with E-state index in [-0.39, 0.29) is 11.3 Å². The van der Waals surface area contributed by atoms with Gasteiger partial charge in [-0.2, -0.15) is 0 Å². The molecule has 0 atom stereocenters. The van der Waals surface area contributed by atoms with E-state index < -0.39 is 4.92 Å². The lowest BCUT2D eigenvalue weighted by Gasteiger charge is -2.05. The minimum absolute atomic E-state index is 0.0679. The molecule has 5 nitrogen and oxygen atoms in total. The Morgan fingerprint density at radius 1 is 1.11 bits per heavy atom. The molecule has 0 aliphatic heterocycles. The van der Waals surface area contributed by atoms with Crippen LogP contribution >= 0.6 is 0 Å². The van der Waals surface area contributed by atoms with Crippen molar-refractivity contribution in [2.45, 2.75) is 0 Å². The molecule has 0 unspecified atom stereocenters. The van der Waals surface area contributed by atoms with Gasteiger partial charge >= 0.3 is 0 Å². The average molecular weight is 257 g/mol. The third-order valence-corrected chi connectivity index (χ3v) is 2.77. The van der Waals surface area contributed by atoms with Crippen LogP contribution in [0.1, 0.15) is 10.4 Å². The van der Waals surface area contributed by atoms with Crippen LogP contribution in [0.15, 0.2) is 42.5 Å². The van der Waals surface area contributed by atoms with E-state index in [0.29, 0.717) is 6.29 Å². The number of nitro groups is 1. The third kappa shape index (κ3) is 2.60. The molecule has 0 heterocycles. The number of rotatable bonds is 4. The predicted molar refractivity (Wildman–Crippen MR) is 70.5 cm³/mol. The maximum atomic E-state index is 10.9. The number of carbonyl (C=O) groups excluding carboxylic acids is 1. The molecule has 0 spiro atoms. The number of ether oxygens (including phenoxy) is 1. The number of methoxy groups -OCH3 is 1. The molecule has 96 valence electrons. The van der Waals surface area contributed by atoms with E-state index in [0.717, 1.165) is 16.9 Å². The summed E-state index contributed by atoms with van der Waals surface area (Å²) in [6.45, 7) is 0. The molecule has 0 amide bonds. The lowest BCUT2D eigenvalue weighted by Crippen LogP contribution is -1.94. The number of carbonyl (C=O) groups is 1. The van der Waals surface area contributed by atoms with Gasteiger partial charge in [-0.15, -0.1) is 0 Å². The van der Waals surface area contributed by atoms with Crippen molar-refractivity contribution >= 4 is 12.0 Å². The van der Waals surface area contributed by atoms with Crippen molar-refractivity contribution in [3.63, 3.8) is 0 Å². The Labute approximate surface area is 109 Å². The maximum Gasteiger partial charge on any atom is 0.279 e. The summed E-state index contributed by atoms with van der Waals surface area (Å²) in [7, 11) is 1.57. The molecular formula is C14H11NO4. The van der Waals surface area contributed by atoms with Crippen molar-refractivity contribution in [3.05, 3.63) is 58.1 Å². The first-order valence-electron chi connectivity index (χ1n) is 5.53. The van der Waals surface area contributed by atoms with Gasteiger partial charge in [-0.05, 0) is 35.4 Å². The van der Waals surface area contributed by atoms with Crippen LogP contribution in [0.4, 0.5) is 5.69 Å². The van der Waals surface area contributed by atoms with Crippen molar-refractivity contribution in [1.29, 1.82) is 0 Å². The largest absolute Gasteiger partial charge is 0.497 e. The number of hydrogen-bond acceptors (Lipinski definition) is 4. The number of nitro benzene ring substituents is 1. The van der Waals surface area contributed by atoms with Crippen LogP contribution in [0.2, 0.25) is 0 Å². The summed E-state index contributed by atoms with van der Waals surface area (Å²) in [5.41, 5.74) is 1.49. The van der Waals surface area contributed by atoms with Gasteiger partial charge in [-0.3, -0.25) is 14.9 Å². The fourth-order valence-electron chi connectivity index (χ4n) is 1.78. The summed E-state index contributed by atoms with van der Waals surface area (Å²) in [5, 5.41) is 10.7. The van der Waals surface area contributed by atoms with Crippen LogP contribution in [-0.2, 0) is 0 Å². The Morgan fingerprint density at radius 3 is 2.26 bits per heavy atom. The molecule has 0 aromatic heterocycles. The van der Waals surface area contributed by atoms with Gasteiger partial charge in [0.2, 0.25) is 0 Å². The SMILES string of the molecule is COc1ccc(-c2ccc([N+](=O)[O-])c(C=O)c2)cc1. The maximum absolute atomic E-state index is 10.9. The summed E-state index contributed by atoms with van der Waals surface area (Å²) in [4.78, 5) is 21.1. The zero-order valence-electron chi connectivity index (χ0n) is 10.2. The smallest absolute Gasteiger partial charge is 0.279 e. The van der Waals surface area contributed by atoms with Crippen LogP contribution < -0.4 is 4.74 Å². The molecule has 19 heavy (non-hydrogen) atoms. The normalized spacial score (nSPS) is 9.95. The van der Waals surface area contributed by atoms with Crippen LogP contribution in [0.3, 0.4) is 0 Å². The molecule has 0 saturated heterocycles. The third-order valence-electron chi connectivity index (χ3n) is 2.77. The molecule has 2 aromatic carbocycles. The van der Waals surface area contributed by atoms with E-state index in [1.54, 1.807) is 25.3 Å². The van der Waals surface area contributed by atoms with Crippen LogP contribution in [0, 0.1) is 10.1 Å². The number of nitrogens with zero attached hydrogens (tertiary/aromatic N) is 1. The van der Waals surface area contributed by atoms with Gasteiger partial charge in [0.1, 0.15) is 5.75 Å². The highest BCUT2D eigenvalue weighted by Gasteiger charge is 2.13. The summed E-state index contributed by atoms with van der Waals surface area (Å²) in [6, 6.07) is 11.7. The lowest BCUT2D eigenvalue weighted by atomic mass is 10.0. The van der Waals surface area contributed by atoms with Gasteiger partial charge in [0.25, 0.3) is 5.69 Å². The Hall–Kier alpha value is -2.69. The van der Waals surface area contributed by atoms with Crippen LogP contribution in [0.5, 0.6) is 5.75 Å². The van der Waals surface area contributed by atoms with Crippen molar-refractivity contribution in [2.75, 3.05) is 7.11 Å². The molecular weight excluding hydrogens is 246 g/mol. The highest BCUT2D eigenvalue weighted by molar-refractivity contribution is 5.84. The number of benzene rings is 2. The van der Waals surface area contributed by atoms with Crippen LogP contribution in [-0.4, -0.2) is 18.3 Å². The first-order valence-corrected chi connectivity index (χ1v) is 5.53. The van der Waals surface area contributed by atoms with Crippen molar-refractivity contribution < 1.29 is 14.5 Å². The van der Waals surface area contributed by atoms with Crippen LogP contribution in [0.25, 0.3) is 11.1 Å². The molecule has 0 N–H and O–H groups in total. The molecule has 0 fully saturated rings. The topological polar surface area (TPSA) is 69.4 Å². The van der Waals surface area contributed by atoms with Gasteiger partial charge in [0, 0.05) is 6.07 Å². The second-order valence-corrected chi connectivity index (χ2v) is 3.88. The van der Waals surface area contributed by atoms with E-state index >= 15 is 0 Å². The Bertz CT molecular complexity index is 620. The Balaban J connectivity index is 2.45. The molecule has 0 bridgehead atoms. The van der Waals surface area contributed by atoms with Gasteiger partial charge < -0.3 is 4.74 Å². The summed E-state index contributed by atoms with van der Waals surface area (Å²) < 4.78 is 5.06. The van der Waals surface area contributed by atoms with Gasteiger partial charge in [-0.25, -0.2) is 0 Å². The second-order valence-electron chi connectivity index (χ2n) is 3.88. The van der Waals surface area contributed by atoms with E-state index in [9.17, 15) is 14.9 Å². The lowest BCUT2D eigenvalue weighted by molar-refractivity contribution is -0.385. The molecule has 0 aliphatic carbocycles. The molecule has 0 aliphatic rings. The van der Waals surface area contributed by atoms with Gasteiger partial charge in [-0.1, -0.05) is 12.1 Å². The molecule has 2 rings (SSSR count). The average Bonchev–Trinajstić information content (AvgIpc) is 2.46. The number of aldehydes is 1. The standard InChI is InChI=1S/C14H11NO4/c1-19-13-5-2-10(3-6-13)11-4-7-14(15(17)18)12(8-11)9-16/h2-9H,1H3. The van der Waals surface area contributed by atoms with E-state index in [1.807, 2.05) is 12.1 Å². The van der Waals surface area contributed by atoms with E-state index in [2.05, 4.69) is 0 Å². The predicted octanol–water partition coefficient (Wildman–Crippen LogP) is 3.08. The highest BCUT2D eigenvalue weighted by atomic mass is 16.6. The zero-order chi connectivity index (χ0) is 13.8. The van der Waals surface area contributed by atoms with Crippen molar-refractivity contribution in [1.82, 2.24) is 0 Å². The first-order chi connectivity index (χ1) is 9.15. The number of hydrogen-bond donors (Lipinski definition) is 0. The molecule has 2 aromatic rings. The Morgan fingerprint density at radius 2 is 1.74 bits per heavy atom. The van der Waals surface area contributed by atoms with Gasteiger partial charge in [0.15, 0.2) is 6.29 Å². The fourth-order valence-corrected chi connectivity index (χ4v) is 1.78. The zero-order valence-corrected chi connectivity index (χ0v) is 10.2. The minimum Gasteiger partial charge on any atom is -0.497 e. The Kier molecular flexibility index (Phi) is 3.56. The fraction of sp³-hybridized carbons (Fsp3) is 0.0714. The highest BCUT2D eigenvalue weighted by Crippen LogP contribution is 2.27. The van der Waals surface area contributed by atoms with E-state index in [1.165, 1.54) is 12.1 Å². The van der Waals surface area contributed by atoms with Crippen molar-refractivity contribution in [3.8, 4) is 16.9 Å². The monoisotopic (exact) mass is 257 g/mol. The summed E-state index contributed by atoms with van der Waals surface area (Å²) >= 11 is 0. The first kappa shape index (κ1) is 12.8. The second kappa shape index (κ2) is 5.30. The van der Waals surface area contributed by atoms with E-state index in [4.69, 9.17) is 4.74 Å². The molecule has 5 heteroatoms. The van der Waals surface area contributed by atoms with Crippen molar-refractivity contribution in [2.24, 2.45) is 0 Å².